The average molecular weight is 288 g/mol. The van der Waals surface area contributed by atoms with Crippen molar-refractivity contribution in [2.75, 3.05) is 5.32 Å². The topological polar surface area (TPSA) is 55.1 Å². The van der Waals surface area contributed by atoms with Crippen LogP contribution in [0.1, 0.15) is 16.1 Å². The number of amides is 1. The van der Waals surface area contributed by atoms with Crippen LogP contribution in [0.15, 0.2) is 40.8 Å². The lowest BCUT2D eigenvalue weighted by Crippen LogP contribution is -2.12. The summed E-state index contributed by atoms with van der Waals surface area (Å²) in [5, 5.41) is 3.07. The smallest absolute Gasteiger partial charge is 0.291 e. The monoisotopic (exact) mass is 288 g/mol. The summed E-state index contributed by atoms with van der Waals surface area (Å²) < 4.78 is 31.5. The Morgan fingerprint density at radius 1 is 1.19 bits per heavy atom. The predicted octanol–water partition coefficient (Wildman–Crippen LogP) is 3.67. The molecule has 3 aromatic rings. The lowest BCUT2D eigenvalue weighted by atomic mass is 10.2. The molecule has 0 aliphatic rings. The molecule has 0 aliphatic heterocycles. The van der Waals surface area contributed by atoms with Gasteiger partial charge in [0.05, 0.1) is 5.69 Å². The van der Waals surface area contributed by atoms with Gasteiger partial charge in [-0.2, -0.15) is 13.8 Å². The molecule has 4 nitrogen and oxygen atoms in total. The number of nitrogens with one attached hydrogen (secondary N) is 1. The van der Waals surface area contributed by atoms with Gasteiger partial charge in [0.25, 0.3) is 5.91 Å². The molecule has 6 heteroatoms. The van der Waals surface area contributed by atoms with Crippen molar-refractivity contribution < 1.29 is 18.0 Å². The molecule has 1 aromatic carbocycles. The van der Waals surface area contributed by atoms with Gasteiger partial charge in [-0.3, -0.25) is 4.79 Å². The first-order valence-corrected chi connectivity index (χ1v) is 6.16. The third-order valence-electron chi connectivity index (χ3n) is 2.96. The van der Waals surface area contributed by atoms with Crippen molar-refractivity contribution in [3.63, 3.8) is 0 Å². The summed E-state index contributed by atoms with van der Waals surface area (Å²) in [5.41, 5.74) is 1.38. The lowest BCUT2D eigenvalue weighted by Gasteiger charge is -2.03. The largest absolute Gasteiger partial charge is 0.451 e. The summed E-state index contributed by atoms with van der Waals surface area (Å²) in [4.78, 5) is 15.0. The summed E-state index contributed by atoms with van der Waals surface area (Å²) in [7, 11) is 0. The van der Waals surface area contributed by atoms with E-state index in [0.29, 0.717) is 5.58 Å². The molecule has 2 aromatic heterocycles. The fourth-order valence-corrected chi connectivity index (χ4v) is 1.96. The number of rotatable bonds is 2. The Morgan fingerprint density at radius 3 is 2.76 bits per heavy atom. The SMILES string of the molecule is Cc1ccc2oc(C(=O)Nc3ccc(F)nc3F)cc2c1. The molecule has 1 amide bonds. The molecule has 2 heterocycles. The molecular weight excluding hydrogens is 278 g/mol. The van der Waals surface area contributed by atoms with E-state index >= 15 is 0 Å². The first-order chi connectivity index (χ1) is 10.0. The first-order valence-electron chi connectivity index (χ1n) is 6.16. The number of benzene rings is 1. The van der Waals surface area contributed by atoms with E-state index in [1.165, 1.54) is 0 Å². The number of hydrogen-bond acceptors (Lipinski definition) is 3. The fraction of sp³-hybridized carbons (Fsp3) is 0.0667. The number of pyridine rings is 1. The standard InChI is InChI=1S/C15H10F2N2O2/c1-8-2-4-11-9(6-8)7-12(21-11)15(20)18-10-3-5-13(16)19-14(10)17/h2-7H,1H3,(H,18,20). The summed E-state index contributed by atoms with van der Waals surface area (Å²) in [6.45, 7) is 1.92. The third kappa shape index (κ3) is 2.60. The number of carbonyl (C=O) groups excluding carboxylic acids is 1. The van der Waals surface area contributed by atoms with Crippen molar-refractivity contribution in [2.24, 2.45) is 0 Å². The molecule has 1 N–H and O–H groups in total. The average Bonchev–Trinajstić information content (AvgIpc) is 2.85. The van der Waals surface area contributed by atoms with Gasteiger partial charge in [0.15, 0.2) is 5.76 Å². The van der Waals surface area contributed by atoms with Crippen molar-refractivity contribution >= 4 is 22.6 Å². The van der Waals surface area contributed by atoms with E-state index in [1.807, 2.05) is 19.1 Å². The van der Waals surface area contributed by atoms with Crippen molar-refractivity contribution in [2.45, 2.75) is 6.92 Å². The van der Waals surface area contributed by atoms with Crippen LogP contribution in [0.5, 0.6) is 0 Å². The maximum absolute atomic E-state index is 13.4. The van der Waals surface area contributed by atoms with Crippen molar-refractivity contribution in [3.8, 4) is 0 Å². The second kappa shape index (κ2) is 4.97. The lowest BCUT2D eigenvalue weighted by molar-refractivity contribution is 0.0998. The maximum atomic E-state index is 13.4. The molecule has 0 saturated carbocycles. The minimum absolute atomic E-state index is 0.0410. The molecule has 0 bridgehead atoms. The molecule has 0 spiro atoms. The van der Waals surface area contributed by atoms with Crippen LogP contribution in [0.25, 0.3) is 11.0 Å². The van der Waals surface area contributed by atoms with Gasteiger partial charge in [-0.1, -0.05) is 11.6 Å². The van der Waals surface area contributed by atoms with Crippen molar-refractivity contribution in [1.82, 2.24) is 4.98 Å². The van der Waals surface area contributed by atoms with E-state index in [4.69, 9.17) is 4.42 Å². The predicted molar refractivity (Wildman–Crippen MR) is 73.1 cm³/mol. The van der Waals surface area contributed by atoms with E-state index < -0.39 is 17.8 Å². The number of anilines is 1. The van der Waals surface area contributed by atoms with Crippen LogP contribution in [-0.2, 0) is 0 Å². The summed E-state index contributed by atoms with van der Waals surface area (Å²) in [6.07, 6.45) is 0. The second-order valence-electron chi connectivity index (χ2n) is 4.58. The Kier molecular flexibility index (Phi) is 3.13. The minimum atomic E-state index is -1.09. The summed E-state index contributed by atoms with van der Waals surface area (Å²) >= 11 is 0. The zero-order valence-corrected chi connectivity index (χ0v) is 11.0. The Balaban J connectivity index is 1.89. The van der Waals surface area contributed by atoms with Crippen LogP contribution >= 0.6 is 0 Å². The zero-order valence-electron chi connectivity index (χ0n) is 11.0. The highest BCUT2D eigenvalue weighted by Crippen LogP contribution is 2.22. The fourth-order valence-electron chi connectivity index (χ4n) is 1.96. The van der Waals surface area contributed by atoms with E-state index in [2.05, 4.69) is 10.3 Å². The van der Waals surface area contributed by atoms with Gasteiger partial charge < -0.3 is 9.73 Å². The van der Waals surface area contributed by atoms with Gasteiger partial charge in [-0.05, 0) is 37.3 Å². The summed E-state index contributed by atoms with van der Waals surface area (Å²) in [6, 6.07) is 9.10. The zero-order chi connectivity index (χ0) is 15.0. The quantitative estimate of drug-likeness (QED) is 0.732. The second-order valence-corrected chi connectivity index (χ2v) is 4.58. The van der Waals surface area contributed by atoms with Crippen LogP contribution < -0.4 is 5.32 Å². The molecule has 3 rings (SSSR count). The molecule has 0 fully saturated rings. The first kappa shape index (κ1) is 13.2. The van der Waals surface area contributed by atoms with E-state index in [1.54, 1.807) is 12.1 Å². The van der Waals surface area contributed by atoms with Crippen molar-refractivity contribution in [1.29, 1.82) is 0 Å². The van der Waals surface area contributed by atoms with Gasteiger partial charge in [0.1, 0.15) is 5.58 Å². The van der Waals surface area contributed by atoms with Crippen LogP contribution in [0.2, 0.25) is 0 Å². The molecule has 0 aliphatic carbocycles. The normalized spacial score (nSPS) is 10.8. The van der Waals surface area contributed by atoms with Crippen LogP contribution in [0.4, 0.5) is 14.5 Å². The number of aryl methyl sites for hydroxylation is 1. The third-order valence-corrected chi connectivity index (χ3v) is 2.96. The highest BCUT2D eigenvalue weighted by atomic mass is 19.1. The van der Waals surface area contributed by atoms with E-state index in [9.17, 15) is 13.6 Å². The number of hydrogen-bond donors (Lipinski definition) is 1. The highest BCUT2D eigenvalue weighted by molar-refractivity contribution is 6.04. The summed E-state index contributed by atoms with van der Waals surface area (Å²) in [5.74, 6) is -2.63. The number of fused-ring (bicyclic) bond motifs is 1. The van der Waals surface area contributed by atoms with Crippen LogP contribution in [0.3, 0.4) is 0 Å². The Hall–Kier alpha value is -2.76. The number of furan rings is 1. The van der Waals surface area contributed by atoms with Gasteiger partial charge in [-0.15, -0.1) is 0 Å². The maximum Gasteiger partial charge on any atom is 0.291 e. The Labute approximate surface area is 118 Å². The van der Waals surface area contributed by atoms with Crippen LogP contribution in [0, 0.1) is 18.8 Å². The van der Waals surface area contributed by atoms with Gasteiger partial charge in [0, 0.05) is 5.39 Å². The molecule has 21 heavy (non-hydrogen) atoms. The Morgan fingerprint density at radius 2 is 2.00 bits per heavy atom. The molecule has 0 radical (unpaired) electrons. The number of aromatic nitrogens is 1. The molecule has 0 saturated heterocycles. The Bertz CT molecular complexity index is 843. The minimum Gasteiger partial charge on any atom is -0.451 e. The number of carbonyl (C=O) groups is 1. The van der Waals surface area contributed by atoms with E-state index in [-0.39, 0.29) is 11.4 Å². The van der Waals surface area contributed by atoms with Gasteiger partial charge in [0.2, 0.25) is 11.9 Å². The number of halogens is 2. The van der Waals surface area contributed by atoms with Crippen molar-refractivity contribution in [3.05, 3.63) is 59.6 Å². The highest BCUT2D eigenvalue weighted by Gasteiger charge is 2.15. The van der Waals surface area contributed by atoms with Gasteiger partial charge >= 0.3 is 0 Å². The van der Waals surface area contributed by atoms with Gasteiger partial charge in [-0.25, -0.2) is 0 Å². The van der Waals surface area contributed by atoms with Crippen LogP contribution in [-0.4, -0.2) is 10.9 Å². The molecule has 106 valence electrons. The van der Waals surface area contributed by atoms with E-state index in [0.717, 1.165) is 23.1 Å². The molecule has 0 unspecified atom stereocenters. The molecule has 0 atom stereocenters. The molecular formula is C15H10F2N2O2. The number of nitrogens with zero attached hydrogens (tertiary/aromatic N) is 1.